The third kappa shape index (κ3) is 4.65. The van der Waals surface area contributed by atoms with Crippen molar-refractivity contribution >= 4 is 80.0 Å². The van der Waals surface area contributed by atoms with Crippen molar-refractivity contribution < 1.29 is 16.5 Å². The largest absolute Gasteiger partial charge is 0.358 e. The van der Waals surface area contributed by atoms with E-state index in [2.05, 4.69) is 12.1 Å². The monoisotopic (exact) mass is 569 g/mol. The van der Waals surface area contributed by atoms with Crippen LogP contribution in [0.25, 0.3) is 10.8 Å². The summed E-state index contributed by atoms with van der Waals surface area (Å²) in [7, 11) is 0. The molecule has 0 spiro atoms. The predicted octanol–water partition coefficient (Wildman–Crippen LogP) is 9.77. The van der Waals surface area contributed by atoms with Gasteiger partial charge in [-0.3, -0.25) is 0 Å². The van der Waals surface area contributed by atoms with Crippen LogP contribution in [-0.2, 0) is 16.5 Å². The first-order valence-electron chi connectivity index (χ1n) is 9.95. The van der Waals surface area contributed by atoms with Crippen molar-refractivity contribution in [3.05, 3.63) is 110 Å². The second-order valence-electron chi connectivity index (χ2n) is 7.78. The number of halogens is 4. The number of aliphatic imine (C=N–C) groups is 2. The van der Waals surface area contributed by atoms with E-state index in [1.807, 2.05) is 62.4 Å². The van der Waals surface area contributed by atoms with E-state index < -0.39 is 0 Å². The Kier molecular flexibility index (Phi) is 8.18. The van der Waals surface area contributed by atoms with Crippen LogP contribution in [0.2, 0.25) is 20.1 Å². The molecule has 0 saturated carbocycles. The number of hydrogen-bond donors (Lipinski definition) is 0. The summed E-state index contributed by atoms with van der Waals surface area (Å²) >= 11 is 26.1. The Hall–Kier alpha value is -1.87. The zero-order valence-corrected chi connectivity index (χ0v) is 22.5. The van der Waals surface area contributed by atoms with E-state index in [1.54, 1.807) is 0 Å². The molecular formula is C27H19Cl4N2Ni-. The van der Waals surface area contributed by atoms with Crippen LogP contribution in [0, 0.1) is 21.3 Å². The van der Waals surface area contributed by atoms with Crippen molar-refractivity contribution in [2.24, 2.45) is 9.98 Å². The molecule has 0 aromatic heterocycles. The summed E-state index contributed by atoms with van der Waals surface area (Å²) in [6.07, 6.45) is 0. The van der Waals surface area contributed by atoms with Gasteiger partial charge in [0.1, 0.15) is 11.4 Å². The topological polar surface area (TPSA) is 24.7 Å². The van der Waals surface area contributed by atoms with Gasteiger partial charge < -0.3 is 7.43 Å². The molecule has 0 atom stereocenters. The molecule has 0 aliphatic heterocycles. The molecule has 5 rings (SSSR count). The van der Waals surface area contributed by atoms with Crippen LogP contribution < -0.4 is 0 Å². The first-order valence-corrected chi connectivity index (χ1v) is 11.5. The van der Waals surface area contributed by atoms with E-state index >= 15 is 0 Å². The Morgan fingerprint density at radius 2 is 0.941 bits per heavy atom. The molecule has 1 aliphatic carbocycles. The minimum absolute atomic E-state index is 0. The fraction of sp³-hybridized carbons (Fsp3) is 0.0741. The Morgan fingerprint density at radius 3 is 1.29 bits per heavy atom. The molecule has 0 radical (unpaired) electrons. The first-order chi connectivity index (χ1) is 15.3. The van der Waals surface area contributed by atoms with E-state index in [0.29, 0.717) is 42.9 Å². The maximum atomic E-state index is 6.53. The van der Waals surface area contributed by atoms with E-state index in [4.69, 9.17) is 56.4 Å². The van der Waals surface area contributed by atoms with Gasteiger partial charge in [-0.2, -0.15) is 0 Å². The molecule has 2 nitrogen and oxygen atoms in total. The summed E-state index contributed by atoms with van der Waals surface area (Å²) in [5.74, 6) is 0. The summed E-state index contributed by atoms with van der Waals surface area (Å²) in [5, 5.41) is 4.10. The molecule has 0 fully saturated rings. The normalized spacial score (nSPS) is 14.4. The molecule has 0 amide bonds. The van der Waals surface area contributed by atoms with E-state index in [9.17, 15) is 0 Å². The summed E-state index contributed by atoms with van der Waals surface area (Å²) in [6.45, 7) is 3.88. The Morgan fingerprint density at radius 1 is 0.588 bits per heavy atom. The van der Waals surface area contributed by atoms with Gasteiger partial charge in [0, 0.05) is 33.0 Å². The third-order valence-corrected chi connectivity index (χ3v) is 6.56. The summed E-state index contributed by atoms with van der Waals surface area (Å²) in [5.41, 5.74) is 6.22. The Labute approximate surface area is 229 Å². The zero-order valence-electron chi connectivity index (χ0n) is 18.5. The predicted molar refractivity (Wildman–Crippen MR) is 145 cm³/mol. The van der Waals surface area contributed by atoms with E-state index in [0.717, 1.165) is 33.0 Å². The SMILES string of the molecule is Cc1cc(Cl)c(N=C2C(=Nc3c(Cl)cc(C)cc3Cl)c3cccc4cccc2c34)c(Cl)c1.[CH3-].[Ni]. The van der Waals surface area contributed by atoms with Gasteiger partial charge in [-0.15, -0.1) is 0 Å². The average Bonchev–Trinajstić information content (AvgIpc) is 3.02. The van der Waals surface area contributed by atoms with Gasteiger partial charge in [-0.05, 0) is 54.6 Å². The minimum Gasteiger partial charge on any atom is -0.358 e. The number of aryl methyl sites for hydroxylation is 2. The molecule has 4 aromatic carbocycles. The maximum Gasteiger partial charge on any atom is 0.101 e. The Balaban J connectivity index is 0.00000162. The second-order valence-corrected chi connectivity index (χ2v) is 9.41. The third-order valence-electron chi connectivity index (χ3n) is 5.41. The van der Waals surface area contributed by atoms with Crippen molar-refractivity contribution in [1.29, 1.82) is 0 Å². The summed E-state index contributed by atoms with van der Waals surface area (Å²) in [6, 6.07) is 19.6. The first kappa shape index (κ1) is 26.7. The van der Waals surface area contributed by atoms with Crippen LogP contribution in [-0.4, -0.2) is 11.4 Å². The number of nitrogens with zero attached hydrogens (tertiary/aromatic N) is 2. The van der Waals surface area contributed by atoms with Gasteiger partial charge in [-0.1, -0.05) is 82.8 Å². The molecule has 34 heavy (non-hydrogen) atoms. The average molecular weight is 572 g/mol. The standard InChI is InChI=1S/C26H16Cl4N2.CH3.Ni/c1-13-9-18(27)25(19(28)10-13)31-23-16-7-3-5-15-6-4-8-17(22(15)16)24(23)32-26-20(29)11-14(2)12-21(26)30;;/h3-12H,1-2H3;1H3;/q;-1;. The molecule has 0 N–H and O–H groups in total. The van der Waals surface area contributed by atoms with Crippen molar-refractivity contribution in [3.63, 3.8) is 0 Å². The van der Waals surface area contributed by atoms with Crippen LogP contribution >= 0.6 is 46.4 Å². The van der Waals surface area contributed by atoms with Gasteiger partial charge >= 0.3 is 0 Å². The second kappa shape index (κ2) is 10.4. The van der Waals surface area contributed by atoms with E-state index in [1.165, 1.54) is 0 Å². The molecule has 7 heteroatoms. The van der Waals surface area contributed by atoms with Crippen molar-refractivity contribution in [3.8, 4) is 0 Å². The summed E-state index contributed by atoms with van der Waals surface area (Å²) < 4.78 is 0. The van der Waals surface area contributed by atoms with Crippen molar-refractivity contribution in [1.82, 2.24) is 0 Å². The van der Waals surface area contributed by atoms with Gasteiger partial charge in [0.25, 0.3) is 0 Å². The molecular weight excluding hydrogens is 553 g/mol. The smallest absolute Gasteiger partial charge is 0.101 e. The van der Waals surface area contributed by atoms with Crippen LogP contribution in [0.5, 0.6) is 0 Å². The summed E-state index contributed by atoms with van der Waals surface area (Å²) in [4.78, 5) is 9.86. The van der Waals surface area contributed by atoms with Crippen LogP contribution in [0.15, 0.2) is 70.6 Å². The van der Waals surface area contributed by atoms with Gasteiger partial charge in [0.15, 0.2) is 0 Å². The quantitative estimate of drug-likeness (QED) is 0.169. The molecule has 0 bridgehead atoms. The number of hydrogen-bond acceptors (Lipinski definition) is 2. The molecule has 0 heterocycles. The van der Waals surface area contributed by atoms with Gasteiger partial charge in [-0.25, -0.2) is 9.98 Å². The van der Waals surface area contributed by atoms with Crippen molar-refractivity contribution in [2.75, 3.05) is 0 Å². The fourth-order valence-corrected chi connectivity index (χ4v) is 5.40. The molecule has 176 valence electrons. The number of rotatable bonds is 2. The number of benzene rings is 4. The van der Waals surface area contributed by atoms with Gasteiger partial charge in [0.05, 0.1) is 31.5 Å². The zero-order chi connectivity index (χ0) is 22.6. The fourth-order valence-electron chi connectivity index (χ4n) is 4.04. The van der Waals surface area contributed by atoms with Crippen LogP contribution in [0.3, 0.4) is 0 Å². The minimum atomic E-state index is 0. The van der Waals surface area contributed by atoms with Gasteiger partial charge in [0.2, 0.25) is 0 Å². The molecule has 4 aromatic rings. The molecule has 0 unspecified atom stereocenters. The van der Waals surface area contributed by atoms with E-state index in [-0.39, 0.29) is 23.9 Å². The molecule has 1 aliphatic rings. The maximum absolute atomic E-state index is 6.53. The Bertz CT molecular complexity index is 1340. The molecule has 0 saturated heterocycles. The van der Waals surface area contributed by atoms with Crippen molar-refractivity contribution in [2.45, 2.75) is 13.8 Å². The van der Waals surface area contributed by atoms with Crippen LogP contribution in [0.1, 0.15) is 22.3 Å². The van der Waals surface area contributed by atoms with Crippen LogP contribution in [0.4, 0.5) is 11.4 Å².